The lowest BCUT2D eigenvalue weighted by atomic mass is 10.2. The first-order chi connectivity index (χ1) is 9.47. The second-order valence-corrected chi connectivity index (χ2v) is 5.50. The van der Waals surface area contributed by atoms with Crippen molar-refractivity contribution in [1.82, 2.24) is 0 Å². The number of carbonyl (C=O) groups excluding carboxylic acids is 1. The molecule has 20 heavy (non-hydrogen) atoms. The molecule has 1 aromatic carbocycles. The highest BCUT2D eigenvalue weighted by molar-refractivity contribution is 9.09. The van der Waals surface area contributed by atoms with E-state index < -0.39 is 10.8 Å². The molecule has 0 saturated carbocycles. The van der Waals surface area contributed by atoms with Gasteiger partial charge < -0.3 is 4.74 Å². The van der Waals surface area contributed by atoms with Crippen molar-refractivity contribution in [2.75, 3.05) is 6.61 Å². The summed E-state index contributed by atoms with van der Waals surface area (Å²) < 4.78 is 29.9. The van der Waals surface area contributed by atoms with Crippen LogP contribution in [0.25, 0.3) is 6.08 Å². The van der Waals surface area contributed by atoms with Crippen LogP contribution in [0.2, 0.25) is 0 Å². The molecule has 1 rings (SSSR count). The van der Waals surface area contributed by atoms with Crippen LogP contribution in [0.4, 0.5) is 8.78 Å². The lowest BCUT2D eigenvalue weighted by Crippen LogP contribution is -2.05. The Hall–Kier alpha value is -1.23. The number of carbonyl (C=O) groups is 1. The molecule has 0 saturated heterocycles. The van der Waals surface area contributed by atoms with Crippen molar-refractivity contribution >= 4 is 28.0 Å². The Labute approximate surface area is 125 Å². The van der Waals surface area contributed by atoms with Crippen LogP contribution in [0.15, 0.2) is 36.4 Å². The van der Waals surface area contributed by atoms with E-state index in [-0.39, 0.29) is 13.0 Å². The smallest absolute Gasteiger partial charge is 0.330 e. The van der Waals surface area contributed by atoms with Gasteiger partial charge in [0.25, 0.3) is 0 Å². The third-order valence-electron chi connectivity index (χ3n) is 2.56. The summed E-state index contributed by atoms with van der Waals surface area (Å²) in [6, 6.07) is 9.41. The van der Waals surface area contributed by atoms with Gasteiger partial charge in [-0.3, -0.25) is 0 Å². The number of alkyl halides is 3. The second-order valence-electron chi connectivity index (χ2n) is 4.34. The van der Waals surface area contributed by atoms with Crippen molar-refractivity contribution in [1.29, 1.82) is 0 Å². The largest absolute Gasteiger partial charge is 0.463 e. The van der Waals surface area contributed by atoms with Crippen molar-refractivity contribution in [2.24, 2.45) is 0 Å². The van der Waals surface area contributed by atoms with Crippen LogP contribution < -0.4 is 0 Å². The van der Waals surface area contributed by atoms with Crippen LogP contribution in [0.3, 0.4) is 0 Å². The van der Waals surface area contributed by atoms with Gasteiger partial charge >= 0.3 is 10.8 Å². The van der Waals surface area contributed by atoms with E-state index in [1.165, 1.54) is 6.08 Å². The summed E-state index contributed by atoms with van der Waals surface area (Å²) in [6.07, 6.45) is 4.44. The lowest BCUT2D eigenvalue weighted by Gasteiger charge is -2.07. The molecule has 0 atom stereocenters. The highest BCUT2D eigenvalue weighted by Crippen LogP contribution is 2.28. The molecule has 0 spiro atoms. The van der Waals surface area contributed by atoms with Crippen LogP contribution in [-0.4, -0.2) is 17.4 Å². The fourth-order valence-corrected chi connectivity index (χ4v) is 1.83. The van der Waals surface area contributed by atoms with E-state index in [9.17, 15) is 13.6 Å². The van der Waals surface area contributed by atoms with Crippen LogP contribution >= 0.6 is 15.9 Å². The number of rotatable bonds is 8. The van der Waals surface area contributed by atoms with Crippen molar-refractivity contribution in [3.05, 3.63) is 42.0 Å². The maximum atomic E-state index is 12.4. The zero-order valence-electron chi connectivity index (χ0n) is 11.0. The van der Waals surface area contributed by atoms with Gasteiger partial charge in [-0.1, -0.05) is 30.3 Å². The molecule has 0 aliphatic heterocycles. The Morgan fingerprint density at radius 1 is 1.20 bits per heavy atom. The maximum Gasteiger partial charge on any atom is 0.330 e. The van der Waals surface area contributed by atoms with Crippen LogP contribution in [0.1, 0.15) is 31.2 Å². The molecule has 0 unspecified atom stereocenters. The summed E-state index contributed by atoms with van der Waals surface area (Å²) in [6.45, 7) is 0.256. The number of hydrogen-bond donors (Lipinski definition) is 0. The van der Waals surface area contributed by atoms with Crippen molar-refractivity contribution in [3.63, 3.8) is 0 Å². The van der Waals surface area contributed by atoms with Gasteiger partial charge in [-0.15, -0.1) is 0 Å². The minimum Gasteiger partial charge on any atom is -0.463 e. The Morgan fingerprint density at radius 2 is 1.90 bits per heavy atom. The minimum atomic E-state index is -2.79. The van der Waals surface area contributed by atoms with E-state index in [2.05, 4.69) is 15.9 Å². The van der Waals surface area contributed by atoms with E-state index in [4.69, 9.17) is 4.74 Å². The van der Waals surface area contributed by atoms with Gasteiger partial charge in [-0.05, 0) is 46.8 Å². The van der Waals surface area contributed by atoms with Gasteiger partial charge in [-0.2, -0.15) is 8.78 Å². The molecule has 0 amide bonds. The zero-order valence-corrected chi connectivity index (χ0v) is 12.6. The van der Waals surface area contributed by atoms with Gasteiger partial charge in [0.1, 0.15) is 0 Å². The fourth-order valence-electron chi connectivity index (χ4n) is 1.55. The van der Waals surface area contributed by atoms with Crippen molar-refractivity contribution in [2.45, 2.75) is 30.5 Å². The van der Waals surface area contributed by atoms with E-state index in [1.54, 1.807) is 6.08 Å². The summed E-state index contributed by atoms with van der Waals surface area (Å²) in [5.74, 6) is -0.417. The first-order valence-corrected chi connectivity index (χ1v) is 7.23. The van der Waals surface area contributed by atoms with Gasteiger partial charge in [-0.25, -0.2) is 4.79 Å². The molecule has 0 radical (unpaired) electrons. The molecule has 0 aromatic heterocycles. The van der Waals surface area contributed by atoms with Crippen LogP contribution in [-0.2, 0) is 9.53 Å². The molecule has 5 heteroatoms. The molecule has 0 bridgehead atoms. The number of esters is 1. The SMILES string of the molecule is O=C(/C=C/c1ccccc1)OCCCCCC(F)(F)Br. The molecule has 0 aliphatic carbocycles. The predicted molar refractivity (Wildman–Crippen MR) is 78.8 cm³/mol. The van der Waals surface area contributed by atoms with E-state index in [0.29, 0.717) is 19.3 Å². The molecule has 1 aromatic rings. The molecular weight excluding hydrogens is 330 g/mol. The standard InChI is InChI=1S/C15H17BrF2O2/c16-15(17,18)11-5-2-6-12-20-14(19)10-9-13-7-3-1-4-8-13/h1,3-4,7-10H,2,5-6,11-12H2/b10-9+. The highest BCUT2D eigenvalue weighted by Gasteiger charge is 2.22. The minimum absolute atomic E-state index is 0.200. The number of unbranched alkanes of at least 4 members (excludes halogenated alkanes) is 2. The number of benzene rings is 1. The van der Waals surface area contributed by atoms with Gasteiger partial charge in [0.2, 0.25) is 0 Å². The topological polar surface area (TPSA) is 26.3 Å². The van der Waals surface area contributed by atoms with Crippen LogP contribution in [0, 0.1) is 0 Å². The third-order valence-corrected chi connectivity index (χ3v) is 2.96. The molecule has 0 heterocycles. The van der Waals surface area contributed by atoms with Crippen LogP contribution in [0.5, 0.6) is 0 Å². The Morgan fingerprint density at radius 3 is 2.55 bits per heavy atom. The average molecular weight is 347 g/mol. The third kappa shape index (κ3) is 8.80. The van der Waals surface area contributed by atoms with E-state index >= 15 is 0 Å². The number of halogens is 3. The monoisotopic (exact) mass is 346 g/mol. The summed E-state index contributed by atoms with van der Waals surface area (Å²) in [4.78, 5) is 8.58. The summed E-state index contributed by atoms with van der Waals surface area (Å²) in [5, 5.41) is 0. The Bertz CT molecular complexity index is 427. The summed E-state index contributed by atoms with van der Waals surface area (Å²) in [5.41, 5.74) is 0.920. The quantitative estimate of drug-likeness (QED) is 0.292. The fraction of sp³-hybridized carbons (Fsp3) is 0.400. The Kier molecular flexibility index (Phi) is 7.44. The molecule has 2 nitrogen and oxygen atoms in total. The maximum absolute atomic E-state index is 12.4. The predicted octanol–water partition coefficient (Wildman–Crippen LogP) is 4.79. The molecule has 0 N–H and O–H groups in total. The van der Waals surface area contributed by atoms with Crippen molar-refractivity contribution in [3.8, 4) is 0 Å². The average Bonchev–Trinajstić information content (AvgIpc) is 2.40. The van der Waals surface area contributed by atoms with E-state index in [1.807, 2.05) is 30.3 Å². The highest BCUT2D eigenvalue weighted by atomic mass is 79.9. The van der Waals surface area contributed by atoms with Crippen molar-refractivity contribution < 1.29 is 18.3 Å². The van der Waals surface area contributed by atoms with Gasteiger partial charge in [0.05, 0.1) is 6.61 Å². The molecule has 0 aliphatic rings. The first kappa shape index (κ1) is 16.8. The van der Waals surface area contributed by atoms with Gasteiger partial charge in [0.15, 0.2) is 0 Å². The lowest BCUT2D eigenvalue weighted by molar-refractivity contribution is -0.137. The molecule has 110 valence electrons. The normalized spacial score (nSPS) is 11.8. The molecular formula is C15H17BrF2O2. The number of hydrogen-bond acceptors (Lipinski definition) is 2. The zero-order chi connectivity index (χ0) is 14.8. The Balaban J connectivity index is 2.10. The second kappa shape index (κ2) is 8.84. The summed E-state index contributed by atoms with van der Waals surface area (Å²) in [7, 11) is 0. The summed E-state index contributed by atoms with van der Waals surface area (Å²) >= 11 is 2.29. The molecule has 0 fully saturated rings. The first-order valence-electron chi connectivity index (χ1n) is 6.44. The van der Waals surface area contributed by atoms with Gasteiger partial charge in [0, 0.05) is 12.5 Å². The van der Waals surface area contributed by atoms with E-state index in [0.717, 1.165) is 5.56 Å². The number of ether oxygens (including phenoxy) is 1.